The highest BCUT2D eigenvalue weighted by Gasteiger charge is 2.29. The van der Waals surface area contributed by atoms with E-state index < -0.39 is 5.25 Å². The Morgan fingerprint density at radius 3 is 3.04 bits per heavy atom. The molecule has 0 saturated heterocycles. The van der Waals surface area contributed by atoms with E-state index in [1.807, 2.05) is 6.07 Å². The molecule has 0 saturated carbocycles. The molecule has 0 fully saturated rings. The fraction of sp³-hybridized carbons (Fsp3) is 0.444. The average molecular weight is 365 g/mol. The molecule has 2 aliphatic rings. The quantitative estimate of drug-likeness (QED) is 0.771. The zero-order valence-electron chi connectivity index (χ0n) is 13.4. The third-order valence-electron chi connectivity index (χ3n) is 4.29. The third-order valence-corrected chi connectivity index (χ3v) is 5.80. The normalized spacial score (nSPS) is 20.0. The van der Waals surface area contributed by atoms with Crippen molar-refractivity contribution in [3.05, 3.63) is 34.9 Å². The first-order valence-corrected chi connectivity index (χ1v) is 9.59. The van der Waals surface area contributed by atoms with E-state index in [1.54, 1.807) is 12.1 Å². The monoisotopic (exact) mass is 364 g/mol. The van der Waals surface area contributed by atoms with Crippen LogP contribution in [0.2, 0.25) is 5.02 Å². The van der Waals surface area contributed by atoms with Crippen LogP contribution in [0.4, 0.5) is 5.69 Å². The summed E-state index contributed by atoms with van der Waals surface area (Å²) in [7, 11) is 0. The Labute approximate surface area is 151 Å². The molecular weight excluding hydrogens is 344 g/mol. The molecule has 1 aliphatic carbocycles. The van der Waals surface area contributed by atoms with Crippen molar-refractivity contribution in [1.29, 1.82) is 0 Å². The van der Waals surface area contributed by atoms with Gasteiger partial charge in [0.1, 0.15) is 0 Å². The molecule has 4 nitrogen and oxygen atoms in total. The van der Waals surface area contributed by atoms with E-state index in [9.17, 15) is 9.59 Å². The minimum Gasteiger partial charge on any atom is -0.356 e. The Balaban J connectivity index is 1.48. The van der Waals surface area contributed by atoms with E-state index in [-0.39, 0.29) is 18.2 Å². The molecule has 3 rings (SSSR count). The van der Waals surface area contributed by atoms with Gasteiger partial charge in [0.25, 0.3) is 0 Å². The summed E-state index contributed by atoms with van der Waals surface area (Å²) in [5.74, 6) is -0.212. The molecule has 0 radical (unpaired) electrons. The lowest BCUT2D eigenvalue weighted by molar-refractivity contribution is -0.124. The molecule has 0 spiro atoms. The zero-order chi connectivity index (χ0) is 16.9. The van der Waals surface area contributed by atoms with Gasteiger partial charge in [0.2, 0.25) is 11.8 Å². The third kappa shape index (κ3) is 4.54. The summed E-state index contributed by atoms with van der Waals surface area (Å²) in [6, 6.07) is 5.40. The van der Waals surface area contributed by atoms with Gasteiger partial charge in [-0.1, -0.05) is 23.3 Å². The van der Waals surface area contributed by atoms with Crippen molar-refractivity contribution < 1.29 is 9.59 Å². The summed E-state index contributed by atoms with van der Waals surface area (Å²) in [5.41, 5.74) is 2.16. The topological polar surface area (TPSA) is 58.2 Å². The highest BCUT2D eigenvalue weighted by atomic mass is 35.5. The number of hydrogen-bond acceptors (Lipinski definition) is 3. The van der Waals surface area contributed by atoms with Crippen LogP contribution in [-0.2, 0) is 9.59 Å². The SMILES string of the molecule is O=C(CC1Sc2ccc(Cl)cc2NC1=O)NCCC1=CCCCC1. The molecule has 2 amide bonds. The van der Waals surface area contributed by atoms with Gasteiger partial charge in [-0.05, 0) is 50.3 Å². The predicted octanol–water partition coefficient (Wildman–Crippen LogP) is 4.15. The van der Waals surface area contributed by atoms with Crippen molar-refractivity contribution in [1.82, 2.24) is 5.32 Å². The molecule has 0 bridgehead atoms. The first-order valence-electron chi connectivity index (χ1n) is 8.33. The summed E-state index contributed by atoms with van der Waals surface area (Å²) in [5, 5.41) is 5.96. The smallest absolute Gasteiger partial charge is 0.238 e. The second kappa shape index (κ2) is 8.08. The first-order chi connectivity index (χ1) is 11.6. The van der Waals surface area contributed by atoms with Crippen LogP contribution in [0.25, 0.3) is 0 Å². The molecule has 0 aromatic heterocycles. The number of anilines is 1. The molecule has 24 heavy (non-hydrogen) atoms. The number of thioether (sulfide) groups is 1. The van der Waals surface area contributed by atoms with Gasteiger partial charge in [0, 0.05) is 22.9 Å². The molecule has 1 heterocycles. The number of amides is 2. The van der Waals surface area contributed by atoms with Crippen LogP contribution in [0.3, 0.4) is 0 Å². The van der Waals surface area contributed by atoms with Crippen molar-refractivity contribution in [2.75, 3.05) is 11.9 Å². The van der Waals surface area contributed by atoms with Gasteiger partial charge in [-0.3, -0.25) is 9.59 Å². The molecule has 6 heteroatoms. The van der Waals surface area contributed by atoms with Crippen molar-refractivity contribution >= 4 is 40.9 Å². The van der Waals surface area contributed by atoms with Crippen molar-refractivity contribution in [2.24, 2.45) is 0 Å². The summed E-state index contributed by atoms with van der Waals surface area (Å²) < 4.78 is 0. The van der Waals surface area contributed by atoms with Crippen LogP contribution in [0, 0.1) is 0 Å². The van der Waals surface area contributed by atoms with Crippen LogP contribution < -0.4 is 10.6 Å². The lowest BCUT2D eigenvalue weighted by Crippen LogP contribution is -2.35. The maximum Gasteiger partial charge on any atom is 0.238 e. The summed E-state index contributed by atoms with van der Waals surface area (Å²) in [4.78, 5) is 25.2. The minimum atomic E-state index is -0.396. The van der Waals surface area contributed by atoms with E-state index >= 15 is 0 Å². The number of hydrogen-bond donors (Lipinski definition) is 2. The lowest BCUT2D eigenvalue weighted by atomic mass is 9.97. The Morgan fingerprint density at radius 2 is 2.25 bits per heavy atom. The number of rotatable bonds is 5. The van der Waals surface area contributed by atoms with Gasteiger partial charge in [0.15, 0.2) is 0 Å². The van der Waals surface area contributed by atoms with Crippen LogP contribution in [0.1, 0.15) is 38.5 Å². The van der Waals surface area contributed by atoms with Gasteiger partial charge in [-0.15, -0.1) is 11.8 Å². The van der Waals surface area contributed by atoms with E-state index in [1.165, 1.54) is 30.2 Å². The summed E-state index contributed by atoms with van der Waals surface area (Å²) in [6.45, 7) is 0.649. The molecular formula is C18H21ClN2O2S. The van der Waals surface area contributed by atoms with Crippen molar-refractivity contribution in [3.8, 4) is 0 Å². The Morgan fingerprint density at radius 1 is 1.38 bits per heavy atom. The van der Waals surface area contributed by atoms with Crippen LogP contribution in [0.5, 0.6) is 0 Å². The van der Waals surface area contributed by atoms with Crippen LogP contribution in [0.15, 0.2) is 34.7 Å². The van der Waals surface area contributed by atoms with Gasteiger partial charge >= 0.3 is 0 Å². The number of fused-ring (bicyclic) bond motifs is 1. The van der Waals surface area contributed by atoms with Gasteiger partial charge in [-0.25, -0.2) is 0 Å². The number of nitrogens with one attached hydrogen (secondary N) is 2. The summed E-state index contributed by atoms with van der Waals surface area (Å²) in [6.07, 6.45) is 8.23. The zero-order valence-corrected chi connectivity index (χ0v) is 15.0. The fourth-order valence-electron chi connectivity index (χ4n) is 2.99. The molecule has 1 aromatic rings. The lowest BCUT2D eigenvalue weighted by Gasteiger charge is -2.24. The standard InChI is InChI=1S/C18H21ClN2O2S/c19-13-6-7-15-14(10-13)21-18(23)16(24-15)11-17(22)20-9-8-12-4-2-1-3-5-12/h4,6-7,10,16H,1-3,5,8-9,11H2,(H,20,22)(H,21,23). The van der Waals surface area contributed by atoms with E-state index in [2.05, 4.69) is 16.7 Å². The van der Waals surface area contributed by atoms with Crippen molar-refractivity contribution in [2.45, 2.75) is 48.7 Å². The predicted molar refractivity (Wildman–Crippen MR) is 98.5 cm³/mol. The Bertz CT molecular complexity index is 675. The number of benzene rings is 1. The minimum absolute atomic E-state index is 0.0727. The Hall–Kier alpha value is -1.46. The highest BCUT2D eigenvalue weighted by Crippen LogP contribution is 2.38. The molecule has 2 N–H and O–H groups in total. The van der Waals surface area contributed by atoms with Gasteiger partial charge in [0.05, 0.1) is 10.9 Å². The molecule has 1 aliphatic heterocycles. The molecule has 1 atom stereocenters. The van der Waals surface area contributed by atoms with Crippen LogP contribution >= 0.6 is 23.4 Å². The number of carbonyl (C=O) groups is 2. The van der Waals surface area contributed by atoms with E-state index in [4.69, 9.17) is 11.6 Å². The Kier molecular flexibility index (Phi) is 5.85. The largest absolute Gasteiger partial charge is 0.356 e. The average Bonchev–Trinajstić information content (AvgIpc) is 2.57. The number of halogens is 1. The van der Waals surface area contributed by atoms with Gasteiger partial charge in [-0.2, -0.15) is 0 Å². The summed E-state index contributed by atoms with van der Waals surface area (Å²) >= 11 is 7.36. The maximum atomic E-state index is 12.2. The van der Waals surface area contributed by atoms with Crippen LogP contribution in [-0.4, -0.2) is 23.6 Å². The van der Waals surface area contributed by atoms with Crippen molar-refractivity contribution in [3.63, 3.8) is 0 Å². The van der Waals surface area contributed by atoms with E-state index in [0.29, 0.717) is 11.6 Å². The second-order valence-corrected chi connectivity index (χ2v) is 7.83. The molecule has 1 unspecified atom stereocenters. The van der Waals surface area contributed by atoms with Gasteiger partial charge < -0.3 is 10.6 Å². The maximum absolute atomic E-state index is 12.2. The highest BCUT2D eigenvalue weighted by molar-refractivity contribution is 8.01. The molecule has 128 valence electrons. The number of allylic oxidation sites excluding steroid dienone is 1. The fourth-order valence-corrected chi connectivity index (χ4v) is 4.25. The first kappa shape index (κ1) is 17.4. The number of carbonyl (C=O) groups excluding carboxylic acids is 2. The molecule has 1 aromatic carbocycles. The van der Waals surface area contributed by atoms with E-state index in [0.717, 1.165) is 29.8 Å². The second-order valence-electron chi connectivity index (χ2n) is 6.15.